The van der Waals surface area contributed by atoms with Gasteiger partial charge in [0.25, 0.3) is 0 Å². The number of hydrogen-bond donors (Lipinski definition) is 2. The summed E-state index contributed by atoms with van der Waals surface area (Å²) in [5, 5.41) is 5.10. The Morgan fingerprint density at radius 1 is 1.03 bits per heavy atom. The Bertz CT molecular complexity index is 958. The monoisotopic (exact) mass is 424 g/mol. The summed E-state index contributed by atoms with van der Waals surface area (Å²) in [4.78, 5) is 29.3. The summed E-state index contributed by atoms with van der Waals surface area (Å²) < 4.78 is 13.8. The number of anilines is 2. The maximum atomic E-state index is 13.8. The molecule has 6 nitrogen and oxygen atoms in total. The van der Waals surface area contributed by atoms with Crippen LogP contribution in [-0.4, -0.2) is 49.9 Å². The lowest BCUT2D eigenvalue weighted by atomic mass is 9.96. The molecule has 2 aliphatic heterocycles. The summed E-state index contributed by atoms with van der Waals surface area (Å²) in [5.41, 5.74) is 3.76. The highest BCUT2D eigenvalue weighted by Crippen LogP contribution is 2.31. The Balaban J connectivity index is 1.46. The number of nitrogens with zero attached hydrogens (tertiary/aromatic N) is 2. The smallest absolute Gasteiger partial charge is 0.313 e. The number of carbonyl (C=O) groups is 2. The first-order valence-electron chi connectivity index (χ1n) is 10.9. The molecule has 1 saturated heterocycles. The van der Waals surface area contributed by atoms with Crippen molar-refractivity contribution in [2.24, 2.45) is 0 Å². The normalized spacial score (nSPS) is 17.2. The van der Waals surface area contributed by atoms with Crippen LogP contribution in [0.15, 0.2) is 42.5 Å². The van der Waals surface area contributed by atoms with Crippen molar-refractivity contribution >= 4 is 23.2 Å². The summed E-state index contributed by atoms with van der Waals surface area (Å²) >= 11 is 0. The molecule has 1 atom stereocenters. The number of nitrogens with one attached hydrogen (secondary N) is 2. The maximum absolute atomic E-state index is 13.8. The van der Waals surface area contributed by atoms with E-state index in [2.05, 4.69) is 45.7 Å². The Morgan fingerprint density at radius 2 is 1.81 bits per heavy atom. The number of para-hydroxylation sites is 1. The van der Waals surface area contributed by atoms with Gasteiger partial charge < -0.3 is 15.5 Å². The summed E-state index contributed by atoms with van der Waals surface area (Å²) in [6, 6.07) is 12.4. The molecule has 0 radical (unpaired) electrons. The average Bonchev–Trinajstić information content (AvgIpc) is 3.30. The van der Waals surface area contributed by atoms with Gasteiger partial charge in [-0.25, -0.2) is 4.39 Å². The van der Waals surface area contributed by atoms with Gasteiger partial charge in [0.2, 0.25) is 0 Å². The van der Waals surface area contributed by atoms with Gasteiger partial charge in [0, 0.05) is 25.8 Å². The molecular weight excluding hydrogens is 395 g/mol. The fourth-order valence-corrected chi connectivity index (χ4v) is 4.53. The van der Waals surface area contributed by atoms with E-state index in [9.17, 15) is 14.0 Å². The van der Waals surface area contributed by atoms with Crippen LogP contribution in [0, 0.1) is 5.82 Å². The van der Waals surface area contributed by atoms with Crippen molar-refractivity contribution in [2.45, 2.75) is 31.7 Å². The van der Waals surface area contributed by atoms with E-state index in [4.69, 9.17) is 0 Å². The van der Waals surface area contributed by atoms with Gasteiger partial charge in [0.1, 0.15) is 5.82 Å². The van der Waals surface area contributed by atoms with Crippen molar-refractivity contribution < 1.29 is 14.0 Å². The first kappa shape index (κ1) is 21.3. The molecule has 164 valence electrons. The van der Waals surface area contributed by atoms with Crippen molar-refractivity contribution in [3.05, 3.63) is 59.4 Å². The van der Waals surface area contributed by atoms with E-state index in [0.717, 1.165) is 50.9 Å². The van der Waals surface area contributed by atoms with Crippen LogP contribution in [-0.2, 0) is 16.0 Å². The zero-order valence-electron chi connectivity index (χ0n) is 17.9. The number of hydrogen-bond acceptors (Lipinski definition) is 4. The van der Waals surface area contributed by atoms with Gasteiger partial charge in [-0.15, -0.1) is 0 Å². The van der Waals surface area contributed by atoms with Crippen molar-refractivity contribution in [3.63, 3.8) is 0 Å². The molecule has 2 N–H and O–H groups in total. The lowest BCUT2D eigenvalue weighted by Crippen LogP contribution is -2.41. The number of fused-ring (bicyclic) bond motifs is 1. The lowest BCUT2D eigenvalue weighted by Gasteiger charge is -2.31. The summed E-state index contributed by atoms with van der Waals surface area (Å²) in [7, 11) is 2.12. The van der Waals surface area contributed by atoms with Gasteiger partial charge >= 0.3 is 11.8 Å². The van der Waals surface area contributed by atoms with Crippen LogP contribution in [0.5, 0.6) is 0 Å². The number of aryl methyl sites for hydroxylation is 1. The van der Waals surface area contributed by atoms with Gasteiger partial charge in [-0.2, -0.15) is 0 Å². The van der Waals surface area contributed by atoms with E-state index >= 15 is 0 Å². The predicted octanol–water partition coefficient (Wildman–Crippen LogP) is 3.10. The fraction of sp³-hybridized carbons (Fsp3) is 0.417. The Kier molecular flexibility index (Phi) is 6.51. The molecule has 2 aliphatic rings. The highest BCUT2D eigenvalue weighted by atomic mass is 19.1. The third-order valence-corrected chi connectivity index (χ3v) is 6.20. The second-order valence-corrected chi connectivity index (χ2v) is 8.32. The molecule has 2 aromatic rings. The van der Waals surface area contributed by atoms with Crippen LogP contribution in [0.3, 0.4) is 0 Å². The Hall–Kier alpha value is -2.93. The summed E-state index contributed by atoms with van der Waals surface area (Å²) in [6.07, 6.45) is 4.45. The van der Waals surface area contributed by atoms with Gasteiger partial charge in [-0.1, -0.05) is 24.3 Å². The molecule has 0 aliphatic carbocycles. The van der Waals surface area contributed by atoms with E-state index in [0.29, 0.717) is 6.54 Å². The molecule has 0 bridgehead atoms. The molecule has 0 saturated carbocycles. The van der Waals surface area contributed by atoms with Crippen LogP contribution in [0.2, 0.25) is 0 Å². The molecular formula is C24H29FN4O2. The topological polar surface area (TPSA) is 64.7 Å². The molecule has 7 heteroatoms. The number of halogens is 1. The number of benzene rings is 2. The molecule has 2 amide bonds. The first-order chi connectivity index (χ1) is 15.0. The van der Waals surface area contributed by atoms with Crippen LogP contribution in [0.25, 0.3) is 0 Å². The summed E-state index contributed by atoms with van der Waals surface area (Å²) in [6.45, 7) is 3.34. The van der Waals surface area contributed by atoms with Crippen molar-refractivity contribution in [1.82, 2.24) is 10.2 Å². The number of rotatable bonds is 5. The minimum absolute atomic E-state index is 0.00227. The minimum atomic E-state index is -0.864. The third kappa shape index (κ3) is 4.88. The SMILES string of the molecule is CN1CCCc2cc([C@H](CNC(=O)C(=O)Nc3ccccc3F)N3CCCC3)ccc21. The highest BCUT2D eigenvalue weighted by Gasteiger charge is 2.26. The Morgan fingerprint density at radius 3 is 2.58 bits per heavy atom. The molecule has 2 aromatic carbocycles. The van der Waals surface area contributed by atoms with E-state index < -0.39 is 17.6 Å². The molecule has 2 heterocycles. The van der Waals surface area contributed by atoms with Crippen molar-refractivity contribution in [3.8, 4) is 0 Å². The van der Waals surface area contributed by atoms with E-state index in [-0.39, 0.29) is 11.7 Å². The highest BCUT2D eigenvalue weighted by molar-refractivity contribution is 6.39. The molecule has 31 heavy (non-hydrogen) atoms. The number of likely N-dealkylation sites (tertiary alicyclic amines) is 1. The quantitative estimate of drug-likeness (QED) is 0.724. The molecule has 4 rings (SSSR count). The standard InChI is InChI=1S/C24H29FN4O2/c1-28-12-6-7-17-15-18(10-11-21(17)28)22(29-13-4-5-14-29)16-26-23(30)24(31)27-20-9-3-2-8-19(20)25/h2-3,8-11,15,22H,4-7,12-14,16H2,1H3,(H,26,30)(H,27,31)/t22-/m0/s1. The third-order valence-electron chi connectivity index (χ3n) is 6.20. The van der Waals surface area contributed by atoms with E-state index in [1.165, 1.54) is 29.4 Å². The van der Waals surface area contributed by atoms with Crippen molar-refractivity contribution in [1.29, 1.82) is 0 Å². The minimum Gasteiger partial charge on any atom is -0.374 e. The first-order valence-corrected chi connectivity index (χ1v) is 10.9. The van der Waals surface area contributed by atoms with Gasteiger partial charge in [-0.3, -0.25) is 14.5 Å². The average molecular weight is 425 g/mol. The van der Waals surface area contributed by atoms with E-state index in [1.807, 2.05) is 0 Å². The zero-order valence-corrected chi connectivity index (χ0v) is 17.9. The summed E-state index contributed by atoms with van der Waals surface area (Å²) in [5.74, 6) is -2.19. The maximum Gasteiger partial charge on any atom is 0.313 e. The van der Waals surface area contributed by atoms with Crippen LogP contribution >= 0.6 is 0 Å². The molecule has 1 fully saturated rings. The number of carbonyl (C=O) groups excluding carboxylic acids is 2. The van der Waals surface area contributed by atoms with E-state index in [1.54, 1.807) is 6.07 Å². The predicted molar refractivity (Wildman–Crippen MR) is 120 cm³/mol. The van der Waals surface area contributed by atoms with Crippen LogP contribution < -0.4 is 15.5 Å². The number of amides is 2. The fourth-order valence-electron chi connectivity index (χ4n) is 4.53. The van der Waals surface area contributed by atoms with Gasteiger partial charge in [0.15, 0.2) is 0 Å². The van der Waals surface area contributed by atoms with Crippen LogP contribution in [0.4, 0.5) is 15.8 Å². The Labute approximate surface area is 182 Å². The molecule has 0 spiro atoms. The zero-order chi connectivity index (χ0) is 21.8. The van der Waals surface area contributed by atoms with Gasteiger partial charge in [-0.05, 0) is 68.1 Å². The molecule has 0 aromatic heterocycles. The lowest BCUT2D eigenvalue weighted by molar-refractivity contribution is -0.136. The second kappa shape index (κ2) is 9.47. The second-order valence-electron chi connectivity index (χ2n) is 8.32. The van der Waals surface area contributed by atoms with Gasteiger partial charge in [0.05, 0.1) is 11.7 Å². The van der Waals surface area contributed by atoms with Crippen LogP contribution in [0.1, 0.15) is 36.4 Å². The van der Waals surface area contributed by atoms with Crippen molar-refractivity contribution in [2.75, 3.05) is 43.4 Å². The largest absolute Gasteiger partial charge is 0.374 e. The molecule has 0 unspecified atom stereocenters.